The Balaban J connectivity index is 2.01. The van der Waals surface area contributed by atoms with Crippen LogP contribution in [0.4, 0.5) is 13.2 Å². The van der Waals surface area contributed by atoms with Crippen molar-refractivity contribution in [2.45, 2.75) is 26.8 Å². The number of sulfone groups is 1. The van der Waals surface area contributed by atoms with E-state index in [2.05, 4.69) is 4.98 Å². The summed E-state index contributed by atoms with van der Waals surface area (Å²) in [5.41, 5.74) is -3.57. The second-order valence-corrected chi connectivity index (χ2v) is 11.9. The zero-order valence-electron chi connectivity index (χ0n) is 15.8. The third kappa shape index (κ3) is 4.47. The highest BCUT2D eigenvalue weighted by atomic mass is 35.5. The first-order chi connectivity index (χ1) is 14.6. The largest absolute Gasteiger partial charge is 0.416 e. The maximum Gasteiger partial charge on any atom is 0.416 e. The standard InChI is InChI=1S/C17H15Cl2F3N2O6S2/c18-12-5-10(17(20,21)22)1-3-13(12)32(29,30)24-7-14(16(26,8-24)9-25)31(27,28)11-2-4-15(19)23-6-11/h1-6,14,25-26H,7-9H2/t14-,16+/m0/s1. The van der Waals surface area contributed by atoms with E-state index in [0.29, 0.717) is 22.5 Å². The van der Waals surface area contributed by atoms with Crippen molar-refractivity contribution in [1.82, 2.24) is 9.29 Å². The van der Waals surface area contributed by atoms with Gasteiger partial charge in [0.2, 0.25) is 10.0 Å². The lowest BCUT2D eigenvalue weighted by Crippen LogP contribution is -2.49. The number of hydrogen-bond acceptors (Lipinski definition) is 7. The minimum Gasteiger partial charge on any atom is -0.393 e. The van der Waals surface area contributed by atoms with E-state index in [4.69, 9.17) is 23.2 Å². The number of rotatable bonds is 5. The molecular weight excluding hydrogens is 520 g/mol. The van der Waals surface area contributed by atoms with Gasteiger partial charge in [0.25, 0.3) is 0 Å². The van der Waals surface area contributed by atoms with Crippen LogP contribution in [0, 0.1) is 0 Å². The molecule has 2 N–H and O–H groups in total. The van der Waals surface area contributed by atoms with Crippen molar-refractivity contribution in [3.8, 4) is 0 Å². The Kier molecular flexibility index (Phi) is 6.59. The topological polar surface area (TPSA) is 125 Å². The minimum atomic E-state index is -4.76. The molecule has 8 nitrogen and oxygen atoms in total. The normalized spacial score (nSPS) is 22.9. The molecule has 176 valence electrons. The van der Waals surface area contributed by atoms with Gasteiger partial charge in [-0.3, -0.25) is 0 Å². The molecule has 32 heavy (non-hydrogen) atoms. The zero-order valence-corrected chi connectivity index (χ0v) is 18.9. The van der Waals surface area contributed by atoms with Crippen LogP contribution >= 0.6 is 23.2 Å². The summed E-state index contributed by atoms with van der Waals surface area (Å²) in [4.78, 5) is 2.57. The molecule has 2 aromatic rings. The Labute approximate surface area is 191 Å². The molecule has 1 aliphatic heterocycles. The Bertz CT molecular complexity index is 1240. The van der Waals surface area contributed by atoms with Gasteiger partial charge in [-0.05, 0) is 30.3 Å². The highest BCUT2D eigenvalue weighted by molar-refractivity contribution is 7.92. The molecule has 1 fully saturated rings. The molecular formula is C17H15Cl2F3N2O6S2. The number of pyridine rings is 1. The molecule has 2 atom stereocenters. The molecule has 1 aliphatic rings. The molecule has 0 spiro atoms. The zero-order chi connectivity index (χ0) is 24.1. The van der Waals surface area contributed by atoms with Crippen molar-refractivity contribution in [3.63, 3.8) is 0 Å². The van der Waals surface area contributed by atoms with Crippen LogP contribution in [0.15, 0.2) is 46.3 Å². The number of halogens is 5. The van der Waals surface area contributed by atoms with E-state index in [1.807, 2.05) is 0 Å². The molecule has 1 aromatic heterocycles. The maximum atomic E-state index is 13.0. The summed E-state index contributed by atoms with van der Waals surface area (Å²) in [6.07, 6.45) is -3.85. The number of alkyl halides is 3. The maximum absolute atomic E-state index is 13.0. The van der Waals surface area contributed by atoms with Crippen LogP contribution in [0.3, 0.4) is 0 Å². The second-order valence-electron chi connectivity index (χ2n) is 7.05. The highest BCUT2D eigenvalue weighted by Gasteiger charge is 2.55. The summed E-state index contributed by atoms with van der Waals surface area (Å²) in [7, 11) is -9.04. The Morgan fingerprint density at radius 3 is 2.31 bits per heavy atom. The van der Waals surface area contributed by atoms with Crippen LogP contribution in [-0.2, 0) is 26.0 Å². The van der Waals surface area contributed by atoms with Gasteiger partial charge < -0.3 is 10.2 Å². The Morgan fingerprint density at radius 1 is 1.16 bits per heavy atom. The molecule has 0 unspecified atom stereocenters. The average Bonchev–Trinajstić information content (AvgIpc) is 3.07. The molecule has 0 bridgehead atoms. The van der Waals surface area contributed by atoms with Gasteiger partial charge >= 0.3 is 6.18 Å². The van der Waals surface area contributed by atoms with Gasteiger partial charge in [0.05, 0.1) is 22.1 Å². The van der Waals surface area contributed by atoms with E-state index in [1.165, 1.54) is 6.07 Å². The Morgan fingerprint density at radius 2 is 1.81 bits per heavy atom. The van der Waals surface area contributed by atoms with Gasteiger partial charge in [0.15, 0.2) is 9.84 Å². The summed E-state index contributed by atoms with van der Waals surface area (Å²) in [5, 5.41) is 17.9. The molecule has 0 amide bonds. The van der Waals surface area contributed by atoms with Gasteiger partial charge in [-0.25, -0.2) is 21.8 Å². The fraction of sp³-hybridized carbons (Fsp3) is 0.353. The number of aliphatic hydroxyl groups is 2. The second kappa shape index (κ2) is 8.38. The average molecular weight is 535 g/mol. The number of aliphatic hydroxyl groups excluding tert-OH is 1. The number of sulfonamides is 1. The number of hydrogen-bond donors (Lipinski definition) is 2. The van der Waals surface area contributed by atoms with Crippen molar-refractivity contribution in [2.75, 3.05) is 19.7 Å². The number of aromatic nitrogens is 1. The SMILES string of the molecule is O=S(=O)(c1ccc(Cl)nc1)[C@H]1CN(S(=O)(=O)c2ccc(C(F)(F)F)cc2Cl)C[C@@]1(O)CO. The van der Waals surface area contributed by atoms with Crippen molar-refractivity contribution in [2.24, 2.45) is 0 Å². The van der Waals surface area contributed by atoms with Crippen molar-refractivity contribution < 1.29 is 40.2 Å². The monoisotopic (exact) mass is 534 g/mol. The van der Waals surface area contributed by atoms with Gasteiger partial charge in [0.1, 0.15) is 20.9 Å². The van der Waals surface area contributed by atoms with Crippen LogP contribution in [0.1, 0.15) is 5.56 Å². The quantitative estimate of drug-likeness (QED) is 0.561. The molecule has 1 saturated heterocycles. The predicted molar refractivity (Wildman–Crippen MR) is 107 cm³/mol. The van der Waals surface area contributed by atoms with Gasteiger partial charge in [-0.1, -0.05) is 23.2 Å². The predicted octanol–water partition coefficient (Wildman–Crippen LogP) is 1.98. The summed E-state index contributed by atoms with van der Waals surface area (Å²) >= 11 is 11.4. The van der Waals surface area contributed by atoms with Crippen LogP contribution < -0.4 is 0 Å². The van der Waals surface area contributed by atoms with Crippen LogP contribution in [0.2, 0.25) is 10.2 Å². The number of β-amino-alcohol motifs (C(OH)–C–C–N with tert-alkyl or cyclic N) is 1. The van der Waals surface area contributed by atoms with Crippen LogP contribution in [-0.4, -0.2) is 66.9 Å². The van der Waals surface area contributed by atoms with Gasteiger partial charge in [-0.15, -0.1) is 0 Å². The van der Waals surface area contributed by atoms with E-state index in [0.717, 1.165) is 12.3 Å². The lowest BCUT2D eigenvalue weighted by molar-refractivity contribution is -0.137. The van der Waals surface area contributed by atoms with E-state index < -0.39 is 72.1 Å². The molecule has 0 saturated carbocycles. The summed E-state index contributed by atoms with van der Waals surface area (Å²) in [6, 6.07) is 3.87. The lowest BCUT2D eigenvalue weighted by Gasteiger charge is -2.26. The van der Waals surface area contributed by atoms with Crippen molar-refractivity contribution in [1.29, 1.82) is 0 Å². The third-order valence-corrected chi connectivity index (χ3v) is 9.73. The van der Waals surface area contributed by atoms with Crippen molar-refractivity contribution >= 4 is 43.1 Å². The fourth-order valence-corrected chi connectivity index (χ4v) is 7.40. The molecule has 2 heterocycles. The summed E-state index contributed by atoms with van der Waals surface area (Å²) in [6.45, 7) is -2.74. The highest BCUT2D eigenvalue weighted by Crippen LogP contribution is 2.38. The summed E-state index contributed by atoms with van der Waals surface area (Å²) < 4.78 is 91.2. The first-order valence-electron chi connectivity index (χ1n) is 8.68. The summed E-state index contributed by atoms with van der Waals surface area (Å²) in [5.74, 6) is 0. The molecule has 0 aliphatic carbocycles. The third-order valence-electron chi connectivity index (χ3n) is 4.97. The van der Waals surface area contributed by atoms with Gasteiger partial charge in [-0.2, -0.15) is 17.5 Å². The van der Waals surface area contributed by atoms with Crippen molar-refractivity contribution in [3.05, 3.63) is 52.3 Å². The minimum absolute atomic E-state index is 0.00561. The van der Waals surface area contributed by atoms with Crippen LogP contribution in [0.5, 0.6) is 0 Å². The van der Waals surface area contributed by atoms with E-state index >= 15 is 0 Å². The number of nitrogens with zero attached hydrogens (tertiary/aromatic N) is 2. The smallest absolute Gasteiger partial charge is 0.393 e. The molecule has 3 rings (SSSR count). The molecule has 0 radical (unpaired) electrons. The molecule has 15 heteroatoms. The van der Waals surface area contributed by atoms with E-state index in [1.54, 1.807) is 0 Å². The fourth-order valence-electron chi connectivity index (χ4n) is 3.27. The first kappa shape index (κ1) is 25.1. The van der Waals surface area contributed by atoms with E-state index in [9.17, 15) is 40.2 Å². The van der Waals surface area contributed by atoms with Crippen LogP contribution in [0.25, 0.3) is 0 Å². The van der Waals surface area contributed by atoms with E-state index in [-0.39, 0.29) is 10.0 Å². The number of benzene rings is 1. The molecule has 1 aromatic carbocycles. The Hall–Kier alpha value is -1.48. The van der Waals surface area contributed by atoms with Gasteiger partial charge in [0, 0.05) is 19.3 Å². The first-order valence-corrected chi connectivity index (χ1v) is 12.4. The lowest BCUT2D eigenvalue weighted by atomic mass is 10.1.